The molecule has 3 heterocycles. The fraction of sp³-hybridized carbons (Fsp3) is 0.562. The maximum atomic E-state index is 12.5. The average molecular weight is 317 g/mol. The summed E-state index contributed by atoms with van der Waals surface area (Å²) < 4.78 is 0. The number of nitrogens with one attached hydrogen (secondary N) is 2. The van der Waals surface area contributed by atoms with E-state index in [2.05, 4.69) is 20.4 Å². The summed E-state index contributed by atoms with van der Waals surface area (Å²) in [6.45, 7) is 6.73. The molecule has 0 aromatic carbocycles. The van der Waals surface area contributed by atoms with Crippen molar-refractivity contribution in [1.82, 2.24) is 25.3 Å². The molecule has 3 N–H and O–H groups in total. The largest absolute Gasteiger partial charge is 0.391 e. The Morgan fingerprint density at radius 1 is 1.30 bits per heavy atom. The van der Waals surface area contributed by atoms with Crippen LogP contribution in [0.5, 0.6) is 0 Å². The first kappa shape index (κ1) is 15.7. The first-order chi connectivity index (χ1) is 10.9. The lowest BCUT2D eigenvalue weighted by molar-refractivity contribution is -0.129. The lowest BCUT2D eigenvalue weighted by Crippen LogP contribution is -2.31. The molecule has 124 valence electrons. The monoisotopic (exact) mass is 317 g/mol. The molecule has 1 amide bonds. The van der Waals surface area contributed by atoms with E-state index in [0.717, 1.165) is 28.3 Å². The van der Waals surface area contributed by atoms with Crippen LogP contribution in [0.3, 0.4) is 0 Å². The van der Waals surface area contributed by atoms with E-state index in [9.17, 15) is 9.90 Å². The number of aromatic nitrogens is 4. The molecule has 2 atom stereocenters. The Balaban J connectivity index is 1.62. The molecule has 2 aromatic rings. The topological polar surface area (TPSA) is 97.9 Å². The third kappa shape index (κ3) is 3.29. The maximum Gasteiger partial charge on any atom is 0.227 e. The second kappa shape index (κ2) is 6.16. The number of amides is 1. The maximum absolute atomic E-state index is 12.5. The molecule has 7 heteroatoms. The van der Waals surface area contributed by atoms with Crippen molar-refractivity contribution in [3.8, 4) is 0 Å². The van der Waals surface area contributed by atoms with Crippen molar-refractivity contribution < 1.29 is 9.90 Å². The van der Waals surface area contributed by atoms with Crippen molar-refractivity contribution in [2.75, 3.05) is 13.1 Å². The van der Waals surface area contributed by atoms with E-state index in [-0.39, 0.29) is 11.8 Å². The van der Waals surface area contributed by atoms with Crippen LogP contribution in [0, 0.1) is 26.7 Å². The molecular weight excluding hydrogens is 294 g/mol. The molecule has 1 aliphatic rings. The molecule has 7 nitrogen and oxygen atoms in total. The number of hydrogen-bond acceptors (Lipinski definition) is 4. The standard InChI is InChI=1S/C16H23N5O2/c1-9-4-13(20-17-9)5-12-7-21(8-15(12)22)16(23)6-14-10(2)18-19-11(14)3/h4,12,15,22H,5-8H2,1-3H3,(H,17,20)(H,18,19)/t12-,15-/m1/s1. The quantitative estimate of drug-likeness (QED) is 0.771. The van der Waals surface area contributed by atoms with Crippen LogP contribution in [0.2, 0.25) is 0 Å². The summed E-state index contributed by atoms with van der Waals surface area (Å²) in [5.74, 6) is 0.0746. The van der Waals surface area contributed by atoms with Crippen LogP contribution in [-0.2, 0) is 17.6 Å². The minimum atomic E-state index is -0.498. The van der Waals surface area contributed by atoms with Gasteiger partial charge in [0.1, 0.15) is 0 Å². The Kier molecular flexibility index (Phi) is 4.21. The van der Waals surface area contributed by atoms with Gasteiger partial charge in [-0.2, -0.15) is 10.2 Å². The molecule has 0 spiro atoms. The van der Waals surface area contributed by atoms with Gasteiger partial charge in [-0.3, -0.25) is 15.0 Å². The van der Waals surface area contributed by atoms with Gasteiger partial charge in [-0.05, 0) is 33.3 Å². The summed E-state index contributed by atoms with van der Waals surface area (Å²) in [5.41, 5.74) is 4.68. The van der Waals surface area contributed by atoms with Crippen molar-refractivity contribution in [2.24, 2.45) is 5.92 Å². The van der Waals surface area contributed by atoms with Crippen LogP contribution in [0.4, 0.5) is 0 Å². The number of carbonyl (C=O) groups is 1. The normalized spacial score (nSPS) is 21.1. The number of aliphatic hydroxyl groups excluding tert-OH is 1. The van der Waals surface area contributed by atoms with E-state index < -0.39 is 6.10 Å². The lowest BCUT2D eigenvalue weighted by atomic mass is 10.00. The summed E-state index contributed by atoms with van der Waals surface area (Å²) >= 11 is 0. The first-order valence-corrected chi connectivity index (χ1v) is 7.91. The molecule has 0 unspecified atom stereocenters. The molecule has 0 radical (unpaired) electrons. The smallest absolute Gasteiger partial charge is 0.227 e. The molecule has 2 aromatic heterocycles. The fourth-order valence-electron chi connectivity index (χ4n) is 3.20. The third-order valence-electron chi connectivity index (χ3n) is 4.60. The van der Waals surface area contributed by atoms with Gasteiger partial charge >= 0.3 is 0 Å². The van der Waals surface area contributed by atoms with Crippen molar-refractivity contribution in [3.05, 3.63) is 34.4 Å². The van der Waals surface area contributed by atoms with Crippen LogP contribution in [0.25, 0.3) is 0 Å². The number of aryl methyl sites for hydroxylation is 3. The summed E-state index contributed by atoms with van der Waals surface area (Å²) in [6, 6.07) is 1.98. The Hall–Kier alpha value is -2.15. The molecule has 3 rings (SSSR count). The number of likely N-dealkylation sites (tertiary alicyclic amines) is 1. The lowest BCUT2D eigenvalue weighted by Gasteiger charge is -2.16. The van der Waals surface area contributed by atoms with Gasteiger partial charge in [-0.1, -0.05) is 0 Å². The highest BCUT2D eigenvalue weighted by Crippen LogP contribution is 2.22. The molecule has 0 bridgehead atoms. The number of rotatable bonds is 4. The first-order valence-electron chi connectivity index (χ1n) is 7.91. The molecular formula is C16H23N5O2. The number of aliphatic hydroxyl groups is 1. The number of nitrogens with zero attached hydrogens (tertiary/aromatic N) is 3. The summed E-state index contributed by atoms with van der Waals surface area (Å²) in [4.78, 5) is 14.3. The number of aromatic amines is 2. The van der Waals surface area contributed by atoms with Crippen LogP contribution in [0.1, 0.15) is 28.3 Å². The zero-order valence-corrected chi connectivity index (χ0v) is 13.8. The van der Waals surface area contributed by atoms with E-state index in [4.69, 9.17) is 0 Å². The van der Waals surface area contributed by atoms with Crippen LogP contribution in [0.15, 0.2) is 6.07 Å². The number of carbonyl (C=O) groups excluding carboxylic acids is 1. The van der Waals surface area contributed by atoms with Crippen molar-refractivity contribution in [1.29, 1.82) is 0 Å². The van der Waals surface area contributed by atoms with E-state index in [0.29, 0.717) is 25.9 Å². The van der Waals surface area contributed by atoms with Crippen LogP contribution < -0.4 is 0 Å². The summed E-state index contributed by atoms with van der Waals surface area (Å²) in [5, 5.41) is 24.4. The van der Waals surface area contributed by atoms with Gasteiger partial charge < -0.3 is 10.0 Å². The van der Waals surface area contributed by atoms with Crippen molar-refractivity contribution in [2.45, 2.75) is 39.7 Å². The number of hydrogen-bond donors (Lipinski definition) is 3. The SMILES string of the molecule is Cc1cc(C[C@@H]2CN(C(=O)Cc3c(C)n[nH]c3C)C[C@H]2O)n[nH]1. The van der Waals surface area contributed by atoms with E-state index in [1.54, 1.807) is 4.90 Å². The summed E-state index contributed by atoms with van der Waals surface area (Å²) in [6.07, 6.45) is 0.510. The Morgan fingerprint density at radius 2 is 2.09 bits per heavy atom. The minimum Gasteiger partial charge on any atom is -0.391 e. The van der Waals surface area contributed by atoms with E-state index in [1.807, 2.05) is 26.8 Å². The summed E-state index contributed by atoms with van der Waals surface area (Å²) in [7, 11) is 0. The zero-order chi connectivity index (χ0) is 16.6. The second-order valence-electron chi connectivity index (χ2n) is 6.46. The Labute approximate surface area is 135 Å². The van der Waals surface area contributed by atoms with Gasteiger partial charge in [0, 0.05) is 36.0 Å². The molecule has 0 saturated carbocycles. The van der Waals surface area contributed by atoms with Crippen LogP contribution in [-0.4, -0.2) is 55.5 Å². The third-order valence-corrected chi connectivity index (χ3v) is 4.60. The van der Waals surface area contributed by atoms with Gasteiger partial charge in [0.05, 0.1) is 23.9 Å². The van der Waals surface area contributed by atoms with Crippen LogP contribution >= 0.6 is 0 Å². The number of H-pyrrole nitrogens is 2. The van der Waals surface area contributed by atoms with Gasteiger partial charge in [0.25, 0.3) is 0 Å². The zero-order valence-electron chi connectivity index (χ0n) is 13.8. The van der Waals surface area contributed by atoms with Gasteiger partial charge in [0.2, 0.25) is 5.91 Å². The minimum absolute atomic E-state index is 0.0354. The molecule has 1 aliphatic heterocycles. The predicted octanol–water partition coefficient (Wildman–Crippen LogP) is 0.663. The molecule has 23 heavy (non-hydrogen) atoms. The molecule has 1 fully saturated rings. The predicted molar refractivity (Wildman–Crippen MR) is 84.9 cm³/mol. The van der Waals surface area contributed by atoms with E-state index in [1.165, 1.54) is 0 Å². The second-order valence-corrected chi connectivity index (χ2v) is 6.46. The fourth-order valence-corrected chi connectivity index (χ4v) is 3.20. The highest BCUT2D eigenvalue weighted by molar-refractivity contribution is 5.79. The average Bonchev–Trinajstić information content (AvgIpc) is 3.16. The highest BCUT2D eigenvalue weighted by Gasteiger charge is 2.34. The van der Waals surface area contributed by atoms with Gasteiger partial charge in [-0.15, -0.1) is 0 Å². The molecule has 0 aliphatic carbocycles. The van der Waals surface area contributed by atoms with Gasteiger partial charge in [-0.25, -0.2) is 0 Å². The number of β-amino-alcohol motifs (C(OH)–C–C–N with tert-alkyl or cyclic N) is 1. The molecule has 1 saturated heterocycles. The van der Waals surface area contributed by atoms with E-state index >= 15 is 0 Å². The Morgan fingerprint density at radius 3 is 2.70 bits per heavy atom. The van der Waals surface area contributed by atoms with Crippen molar-refractivity contribution in [3.63, 3.8) is 0 Å². The highest BCUT2D eigenvalue weighted by atomic mass is 16.3. The van der Waals surface area contributed by atoms with Crippen molar-refractivity contribution >= 4 is 5.91 Å². The van der Waals surface area contributed by atoms with Gasteiger partial charge in [0.15, 0.2) is 0 Å². The Bertz CT molecular complexity index is 686.